The number of benzene rings is 2. The molecule has 0 aliphatic carbocycles. The van der Waals surface area contributed by atoms with Gasteiger partial charge in [0.2, 0.25) is 4.96 Å². The van der Waals surface area contributed by atoms with Crippen molar-refractivity contribution in [1.29, 1.82) is 0 Å². The summed E-state index contributed by atoms with van der Waals surface area (Å²) < 4.78 is 1.78. The van der Waals surface area contributed by atoms with Crippen LogP contribution in [0.3, 0.4) is 0 Å². The number of amides is 1. The highest BCUT2D eigenvalue weighted by atomic mass is 35.5. The van der Waals surface area contributed by atoms with Gasteiger partial charge in [0.25, 0.3) is 5.91 Å². The van der Waals surface area contributed by atoms with Crippen LogP contribution in [0.4, 0.5) is 5.69 Å². The number of carbonyl (C=O) groups excluding carboxylic acids is 1. The number of aryl methyl sites for hydroxylation is 1. The van der Waals surface area contributed by atoms with Crippen LogP contribution in [0.1, 0.15) is 29.5 Å². The Bertz CT molecular complexity index is 1170. The van der Waals surface area contributed by atoms with E-state index in [1.807, 2.05) is 24.3 Å². The van der Waals surface area contributed by atoms with E-state index >= 15 is 0 Å². The molecule has 2 heterocycles. The van der Waals surface area contributed by atoms with Crippen molar-refractivity contribution in [2.75, 3.05) is 5.32 Å². The molecule has 28 heavy (non-hydrogen) atoms. The van der Waals surface area contributed by atoms with Gasteiger partial charge >= 0.3 is 0 Å². The summed E-state index contributed by atoms with van der Waals surface area (Å²) in [6.07, 6.45) is 1.79. The smallest absolute Gasteiger partial charge is 0.257 e. The van der Waals surface area contributed by atoms with Crippen LogP contribution in [0.25, 0.3) is 15.5 Å². The Labute approximate surface area is 175 Å². The zero-order valence-electron chi connectivity index (χ0n) is 14.8. The SMILES string of the molecule is CCCc1nnc2sc(-c3cccc(NC(=O)c4cccc(Cl)c4Cl)c3)nn12. The maximum absolute atomic E-state index is 12.6. The molecule has 1 amide bonds. The van der Waals surface area contributed by atoms with Crippen molar-refractivity contribution in [2.45, 2.75) is 19.8 Å². The lowest BCUT2D eigenvalue weighted by molar-refractivity contribution is 0.102. The lowest BCUT2D eigenvalue weighted by Crippen LogP contribution is -2.12. The number of halogens is 2. The summed E-state index contributed by atoms with van der Waals surface area (Å²) in [5, 5.41) is 17.2. The molecule has 0 radical (unpaired) electrons. The molecule has 1 N–H and O–H groups in total. The van der Waals surface area contributed by atoms with E-state index in [1.54, 1.807) is 22.7 Å². The van der Waals surface area contributed by atoms with Crippen LogP contribution in [0.5, 0.6) is 0 Å². The summed E-state index contributed by atoms with van der Waals surface area (Å²) in [7, 11) is 0. The summed E-state index contributed by atoms with van der Waals surface area (Å²) in [5.41, 5.74) is 1.84. The summed E-state index contributed by atoms with van der Waals surface area (Å²) in [5.74, 6) is 0.521. The highest BCUT2D eigenvalue weighted by Gasteiger charge is 2.15. The molecule has 4 rings (SSSR count). The van der Waals surface area contributed by atoms with E-state index in [0.29, 0.717) is 16.3 Å². The molecule has 4 aromatic rings. The molecule has 9 heteroatoms. The minimum Gasteiger partial charge on any atom is -0.322 e. The van der Waals surface area contributed by atoms with E-state index in [-0.39, 0.29) is 10.9 Å². The predicted molar refractivity (Wildman–Crippen MR) is 113 cm³/mol. The Morgan fingerprint density at radius 1 is 1.18 bits per heavy atom. The lowest BCUT2D eigenvalue weighted by atomic mass is 10.2. The number of nitrogens with one attached hydrogen (secondary N) is 1. The zero-order valence-corrected chi connectivity index (χ0v) is 17.1. The second-order valence-corrected chi connectivity index (χ2v) is 7.85. The Morgan fingerprint density at radius 2 is 2.00 bits per heavy atom. The molecule has 0 saturated heterocycles. The van der Waals surface area contributed by atoms with Gasteiger partial charge < -0.3 is 5.32 Å². The predicted octanol–water partition coefficient (Wildman–Crippen LogP) is 5.36. The molecule has 142 valence electrons. The molecule has 6 nitrogen and oxygen atoms in total. The number of aromatic nitrogens is 4. The minimum atomic E-state index is -0.326. The maximum atomic E-state index is 12.6. The van der Waals surface area contributed by atoms with Crippen molar-refractivity contribution in [3.63, 3.8) is 0 Å². The number of hydrogen-bond acceptors (Lipinski definition) is 5. The van der Waals surface area contributed by atoms with Crippen molar-refractivity contribution in [1.82, 2.24) is 19.8 Å². The number of nitrogens with zero attached hydrogens (tertiary/aromatic N) is 4. The molecule has 0 atom stereocenters. The van der Waals surface area contributed by atoms with Crippen LogP contribution in [0.15, 0.2) is 42.5 Å². The number of carbonyl (C=O) groups is 1. The number of hydrogen-bond donors (Lipinski definition) is 1. The number of fused-ring (bicyclic) bond motifs is 1. The lowest BCUT2D eigenvalue weighted by Gasteiger charge is -2.08. The van der Waals surface area contributed by atoms with Crippen molar-refractivity contribution < 1.29 is 4.79 Å². The van der Waals surface area contributed by atoms with E-state index in [9.17, 15) is 4.79 Å². The fourth-order valence-electron chi connectivity index (χ4n) is 2.76. The summed E-state index contributed by atoms with van der Waals surface area (Å²) in [6, 6.07) is 12.4. The van der Waals surface area contributed by atoms with Crippen LogP contribution in [-0.4, -0.2) is 25.7 Å². The first kappa shape index (κ1) is 18.9. The number of anilines is 1. The fraction of sp³-hybridized carbons (Fsp3) is 0.158. The first-order chi connectivity index (χ1) is 13.6. The maximum Gasteiger partial charge on any atom is 0.257 e. The molecule has 0 aliphatic rings. The molecular weight excluding hydrogens is 417 g/mol. The molecule has 0 unspecified atom stereocenters. The fourth-order valence-corrected chi connectivity index (χ4v) is 4.00. The third kappa shape index (κ3) is 3.61. The molecule has 0 aliphatic heterocycles. The van der Waals surface area contributed by atoms with Gasteiger partial charge in [-0.3, -0.25) is 4.79 Å². The van der Waals surface area contributed by atoms with E-state index in [4.69, 9.17) is 23.2 Å². The van der Waals surface area contributed by atoms with E-state index in [1.165, 1.54) is 11.3 Å². The molecular formula is C19H15Cl2N5OS. The standard InChI is InChI=1S/C19H15Cl2N5OS/c1-2-5-15-23-24-19-26(15)25-18(28-19)11-6-3-7-12(10-11)22-17(27)13-8-4-9-14(20)16(13)21/h3-4,6-10H,2,5H2,1H3,(H,22,27). The van der Waals surface area contributed by atoms with Gasteiger partial charge in [0, 0.05) is 17.7 Å². The first-order valence-electron chi connectivity index (χ1n) is 8.63. The average Bonchev–Trinajstić information content (AvgIpc) is 3.26. The average molecular weight is 432 g/mol. The quantitative estimate of drug-likeness (QED) is 0.461. The van der Waals surface area contributed by atoms with Gasteiger partial charge in [-0.25, -0.2) is 0 Å². The monoisotopic (exact) mass is 431 g/mol. The van der Waals surface area contributed by atoms with Crippen LogP contribution < -0.4 is 5.32 Å². The van der Waals surface area contributed by atoms with Crippen molar-refractivity contribution in [2.24, 2.45) is 0 Å². The van der Waals surface area contributed by atoms with Gasteiger partial charge in [0.05, 0.1) is 15.6 Å². The van der Waals surface area contributed by atoms with Gasteiger partial charge in [0.1, 0.15) is 5.01 Å². The van der Waals surface area contributed by atoms with Gasteiger partial charge in [-0.2, -0.15) is 9.61 Å². The van der Waals surface area contributed by atoms with Crippen LogP contribution in [0, 0.1) is 0 Å². The van der Waals surface area contributed by atoms with Crippen LogP contribution in [-0.2, 0) is 6.42 Å². The van der Waals surface area contributed by atoms with Crippen molar-refractivity contribution >= 4 is 51.1 Å². The Hall–Kier alpha value is -2.48. The summed E-state index contributed by atoms with van der Waals surface area (Å²) in [4.78, 5) is 13.3. The summed E-state index contributed by atoms with van der Waals surface area (Å²) in [6.45, 7) is 2.09. The molecule has 2 aromatic heterocycles. The molecule has 0 fully saturated rings. The molecule has 0 spiro atoms. The molecule has 0 saturated carbocycles. The van der Waals surface area contributed by atoms with Crippen molar-refractivity contribution in [3.05, 3.63) is 63.9 Å². The van der Waals surface area contributed by atoms with Gasteiger partial charge in [-0.15, -0.1) is 10.2 Å². The van der Waals surface area contributed by atoms with Crippen LogP contribution >= 0.6 is 34.5 Å². The third-order valence-corrected chi connectivity index (χ3v) is 5.86. The second kappa shape index (κ2) is 7.87. The third-order valence-electron chi connectivity index (χ3n) is 4.09. The Balaban J connectivity index is 1.61. The molecule has 0 bridgehead atoms. The van der Waals surface area contributed by atoms with Gasteiger partial charge in [-0.05, 0) is 30.7 Å². The van der Waals surface area contributed by atoms with E-state index in [0.717, 1.165) is 34.2 Å². The highest BCUT2D eigenvalue weighted by molar-refractivity contribution is 7.19. The number of rotatable bonds is 5. The Kier molecular flexibility index (Phi) is 5.30. The second-order valence-electron chi connectivity index (χ2n) is 6.10. The topological polar surface area (TPSA) is 72.2 Å². The van der Waals surface area contributed by atoms with Gasteiger partial charge in [-0.1, -0.05) is 59.7 Å². The van der Waals surface area contributed by atoms with E-state index < -0.39 is 0 Å². The van der Waals surface area contributed by atoms with E-state index in [2.05, 4.69) is 27.5 Å². The molecule has 2 aromatic carbocycles. The van der Waals surface area contributed by atoms with Crippen LogP contribution in [0.2, 0.25) is 10.0 Å². The van der Waals surface area contributed by atoms with Gasteiger partial charge in [0.15, 0.2) is 5.82 Å². The minimum absolute atomic E-state index is 0.231. The summed E-state index contributed by atoms with van der Waals surface area (Å²) >= 11 is 13.6. The normalized spacial score (nSPS) is 11.1. The first-order valence-corrected chi connectivity index (χ1v) is 10.2. The largest absolute Gasteiger partial charge is 0.322 e. The Morgan fingerprint density at radius 3 is 2.82 bits per heavy atom. The zero-order chi connectivity index (χ0) is 19.7. The van der Waals surface area contributed by atoms with Crippen molar-refractivity contribution in [3.8, 4) is 10.6 Å². The highest BCUT2D eigenvalue weighted by Crippen LogP contribution is 2.29.